The van der Waals surface area contributed by atoms with Crippen LogP contribution in [0, 0.1) is 0 Å². The Morgan fingerprint density at radius 3 is 2.38 bits per heavy atom. The van der Waals surface area contributed by atoms with Crippen molar-refractivity contribution in [3.8, 4) is 0 Å². The maximum absolute atomic E-state index is 10.8. The number of hydrogen-bond acceptors (Lipinski definition) is 3. The molecule has 0 atom stereocenters. The highest BCUT2D eigenvalue weighted by Crippen LogP contribution is 2.00. The van der Waals surface area contributed by atoms with E-state index in [2.05, 4.69) is 4.74 Å². The summed E-state index contributed by atoms with van der Waals surface area (Å²) < 4.78 is 3.93. The fourth-order valence-electron chi connectivity index (χ4n) is 0.896. The molecular formula is C9H8O4. The summed E-state index contributed by atoms with van der Waals surface area (Å²) in [7, 11) is 0. The van der Waals surface area contributed by atoms with Crippen molar-refractivity contribution >= 4 is 12.1 Å². The quantitative estimate of drug-likeness (QED) is 0.552. The minimum absolute atomic E-state index is 0.0207. The molecule has 1 aromatic rings. The monoisotopic (exact) mass is 180 g/mol. The molecule has 13 heavy (non-hydrogen) atoms. The number of hydrogen-bond donors (Lipinski definition) is 1. The molecule has 0 amide bonds. The fourth-order valence-corrected chi connectivity index (χ4v) is 0.896. The number of rotatable bonds is 2. The molecule has 1 aromatic carbocycles. The average molecular weight is 180 g/mol. The number of esters is 1. The van der Waals surface area contributed by atoms with Crippen LogP contribution in [0.4, 0.5) is 4.79 Å². The van der Waals surface area contributed by atoms with Crippen molar-refractivity contribution in [3.63, 3.8) is 0 Å². The van der Waals surface area contributed by atoms with Crippen molar-refractivity contribution in [2.75, 3.05) is 0 Å². The van der Waals surface area contributed by atoms with Crippen molar-refractivity contribution in [2.24, 2.45) is 0 Å². The third kappa shape index (κ3) is 3.37. The summed E-state index contributed by atoms with van der Waals surface area (Å²) in [6.07, 6.45) is -1.59. The van der Waals surface area contributed by atoms with Crippen LogP contribution in [0.5, 0.6) is 0 Å². The Balaban J connectivity index is 2.50. The Bertz CT molecular complexity index is 305. The molecule has 0 fully saturated rings. The molecule has 0 aliphatic heterocycles. The van der Waals surface area contributed by atoms with E-state index in [1.165, 1.54) is 0 Å². The summed E-state index contributed by atoms with van der Waals surface area (Å²) in [6, 6.07) is 8.80. The van der Waals surface area contributed by atoms with Crippen LogP contribution < -0.4 is 0 Å². The van der Waals surface area contributed by atoms with Crippen LogP contribution in [0.15, 0.2) is 30.3 Å². The smallest absolute Gasteiger partial charge is 0.449 e. The summed E-state index contributed by atoms with van der Waals surface area (Å²) in [4.78, 5) is 20.8. The van der Waals surface area contributed by atoms with E-state index in [1.54, 1.807) is 24.3 Å². The van der Waals surface area contributed by atoms with Gasteiger partial charge in [-0.2, -0.15) is 0 Å². The van der Waals surface area contributed by atoms with E-state index in [0.29, 0.717) is 0 Å². The lowest BCUT2D eigenvalue weighted by molar-refractivity contribution is -0.138. The first-order chi connectivity index (χ1) is 6.18. The number of benzene rings is 1. The zero-order valence-electron chi connectivity index (χ0n) is 6.77. The van der Waals surface area contributed by atoms with Crippen LogP contribution in [0.25, 0.3) is 0 Å². The largest absolute Gasteiger partial charge is 0.513 e. The topological polar surface area (TPSA) is 63.6 Å². The Morgan fingerprint density at radius 2 is 1.85 bits per heavy atom. The molecule has 1 N–H and O–H groups in total. The van der Waals surface area contributed by atoms with Crippen molar-refractivity contribution in [1.82, 2.24) is 0 Å². The SMILES string of the molecule is O=C(O)OC(=O)Cc1ccccc1. The van der Waals surface area contributed by atoms with Crippen molar-refractivity contribution < 1.29 is 19.4 Å². The molecule has 0 heterocycles. The van der Waals surface area contributed by atoms with E-state index in [-0.39, 0.29) is 6.42 Å². The van der Waals surface area contributed by atoms with Gasteiger partial charge in [-0.25, -0.2) is 4.79 Å². The van der Waals surface area contributed by atoms with Gasteiger partial charge in [0, 0.05) is 0 Å². The Hall–Kier alpha value is -1.84. The third-order valence-corrected chi connectivity index (χ3v) is 1.39. The minimum atomic E-state index is -1.57. The summed E-state index contributed by atoms with van der Waals surface area (Å²) in [5.41, 5.74) is 0.730. The molecular weight excluding hydrogens is 172 g/mol. The van der Waals surface area contributed by atoms with Crippen molar-refractivity contribution in [2.45, 2.75) is 6.42 Å². The standard InChI is InChI=1S/C9H8O4/c10-8(13-9(11)12)6-7-4-2-1-3-5-7/h1-5H,6H2,(H,11,12). The second kappa shape index (κ2) is 4.25. The van der Waals surface area contributed by atoms with Crippen LogP contribution in [-0.2, 0) is 16.0 Å². The molecule has 0 spiro atoms. The van der Waals surface area contributed by atoms with Gasteiger partial charge < -0.3 is 9.84 Å². The highest BCUT2D eigenvalue weighted by Gasteiger charge is 2.08. The summed E-state index contributed by atoms with van der Waals surface area (Å²) in [5, 5.41) is 8.12. The van der Waals surface area contributed by atoms with Gasteiger partial charge in [0.1, 0.15) is 0 Å². The Kier molecular flexibility index (Phi) is 3.03. The lowest BCUT2D eigenvalue weighted by atomic mass is 10.2. The lowest BCUT2D eigenvalue weighted by Gasteiger charge is -1.98. The fraction of sp³-hybridized carbons (Fsp3) is 0.111. The van der Waals surface area contributed by atoms with E-state index in [0.717, 1.165) is 5.56 Å². The maximum Gasteiger partial charge on any atom is 0.513 e. The molecule has 0 radical (unpaired) electrons. The third-order valence-electron chi connectivity index (χ3n) is 1.39. The van der Waals surface area contributed by atoms with Crippen molar-refractivity contribution in [3.05, 3.63) is 35.9 Å². The second-order valence-electron chi connectivity index (χ2n) is 2.40. The van der Waals surface area contributed by atoms with Crippen LogP contribution >= 0.6 is 0 Å². The number of carbonyl (C=O) groups is 2. The molecule has 4 nitrogen and oxygen atoms in total. The van der Waals surface area contributed by atoms with Gasteiger partial charge in [-0.05, 0) is 5.56 Å². The summed E-state index contributed by atoms with van der Waals surface area (Å²) in [5.74, 6) is -0.765. The molecule has 0 saturated carbocycles. The number of ether oxygens (including phenoxy) is 1. The van der Waals surface area contributed by atoms with Gasteiger partial charge in [0.05, 0.1) is 6.42 Å². The molecule has 0 bridgehead atoms. The Morgan fingerprint density at radius 1 is 1.23 bits per heavy atom. The van der Waals surface area contributed by atoms with Gasteiger partial charge in [-0.1, -0.05) is 30.3 Å². The molecule has 0 aliphatic rings. The minimum Gasteiger partial charge on any atom is -0.449 e. The van der Waals surface area contributed by atoms with E-state index in [9.17, 15) is 9.59 Å². The second-order valence-corrected chi connectivity index (χ2v) is 2.40. The van der Waals surface area contributed by atoms with E-state index >= 15 is 0 Å². The van der Waals surface area contributed by atoms with Crippen LogP contribution in [0.1, 0.15) is 5.56 Å². The number of carbonyl (C=O) groups excluding carboxylic acids is 1. The molecule has 4 heteroatoms. The first-order valence-corrected chi connectivity index (χ1v) is 3.66. The summed E-state index contributed by atoms with van der Waals surface area (Å²) in [6.45, 7) is 0. The van der Waals surface area contributed by atoms with Gasteiger partial charge in [-0.3, -0.25) is 4.79 Å². The maximum atomic E-state index is 10.8. The van der Waals surface area contributed by atoms with Gasteiger partial charge in [-0.15, -0.1) is 0 Å². The lowest BCUT2D eigenvalue weighted by Crippen LogP contribution is -2.12. The number of carboxylic acid groups (broad SMARTS) is 1. The Labute approximate surface area is 74.8 Å². The molecule has 68 valence electrons. The van der Waals surface area contributed by atoms with Gasteiger partial charge in [0.25, 0.3) is 0 Å². The summed E-state index contributed by atoms with van der Waals surface area (Å²) >= 11 is 0. The zero-order valence-corrected chi connectivity index (χ0v) is 6.77. The normalized spacial score (nSPS) is 9.23. The van der Waals surface area contributed by atoms with Crippen LogP contribution in [0.2, 0.25) is 0 Å². The molecule has 0 aromatic heterocycles. The highest BCUT2D eigenvalue weighted by atomic mass is 16.7. The van der Waals surface area contributed by atoms with Gasteiger partial charge in [0.15, 0.2) is 0 Å². The van der Waals surface area contributed by atoms with Crippen LogP contribution in [0.3, 0.4) is 0 Å². The van der Waals surface area contributed by atoms with Gasteiger partial charge >= 0.3 is 12.1 Å². The van der Waals surface area contributed by atoms with E-state index in [1.807, 2.05) is 6.07 Å². The molecule has 0 aliphatic carbocycles. The van der Waals surface area contributed by atoms with Crippen LogP contribution in [-0.4, -0.2) is 17.2 Å². The first kappa shape index (κ1) is 9.25. The van der Waals surface area contributed by atoms with Gasteiger partial charge in [0.2, 0.25) is 0 Å². The predicted molar refractivity (Wildman–Crippen MR) is 44.3 cm³/mol. The van der Waals surface area contributed by atoms with E-state index in [4.69, 9.17) is 5.11 Å². The highest BCUT2D eigenvalue weighted by molar-refractivity contribution is 5.82. The van der Waals surface area contributed by atoms with Crippen molar-refractivity contribution in [1.29, 1.82) is 0 Å². The molecule has 0 saturated heterocycles. The van der Waals surface area contributed by atoms with E-state index < -0.39 is 12.1 Å². The molecule has 0 unspecified atom stereocenters. The zero-order chi connectivity index (χ0) is 9.68. The molecule has 1 rings (SSSR count). The first-order valence-electron chi connectivity index (χ1n) is 3.66. The average Bonchev–Trinajstić information content (AvgIpc) is 2.04. The predicted octanol–water partition coefficient (Wildman–Crippen LogP) is 1.45.